The Morgan fingerprint density at radius 2 is 1.76 bits per heavy atom. The molecule has 4 aromatic rings. The number of amides is 2. The van der Waals surface area contributed by atoms with Gasteiger partial charge >= 0.3 is 6.36 Å². The standard InChI is InChI=1S/C23H18F3N5O3/c1-30(12-15-9-5-6-10-18(15)34-23(24,25)26)22(33)17-11-16(14-7-3-2-4-8-14)29-21-19(20(27)32)28-13-31(17)21/h2-11,13H,12H2,1H3,(H2,27,32). The highest BCUT2D eigenvalue weighted by atomic mass is 19.4. The van der Waals surface area contributed by atoms with Crippen molar-refractivity contribution >= 4 is 17.5 Å². The number of hydrogen-bond acceptors (Lipinski definition) is 5. The first-order valence-corrected chi connectivity index (χ1v) is 9.96. The van der Waals surface area contributed by atoms with Gasteiger partial charge in [0.25, 0.3) is 11.8 Å². The number of halogens is 3. The van der Waals surface area contributed by atoms with Gasteiger partial charge in [-0.1, -0.05) is 48.5 Å². The molecule has 0 fully saturated rings. The minimum atomic E-state index is -4.87. The van der Waals surface area contributed by atoms with Gasteiger partial charge in [0.15, 0.2) is 11.3 Å². The second kappa shape index (κ2) is 8.85. The third-order valence-electron chi connectivity index (χ3n) is 4.98. The summed E-state index contributed by atoms with van der Waals surface area (Å²) in [7, 11) is 1.44. The summed E-state index contributed by atoms with van der Waals surface area (Å²) in [5.41, 5.74) is 6.73. The summed E-state index contributed by atoms with van der Waals surface area (Å²) in [4.78, 5) is 34.9. The normalized spacial score (nSPS) is 11.4. The summed E-state index contributed by atoms with van der Waals surface area (Å²) in [6, 6.07) is 16.0. The fourth-order valence-electron chi connectivity index (χ4n) is 3.45. The molecule has 0 aliphatic rings. The van der Waals surface area contributed by atoms with E-state index in [2.05, 4.69) is 14.7 Å². The Balaban J connectivity index is 1.75. The van der Waals surface area contributed by atoms with Gasteiger partial charge in [0, 0.05) is 24.7 Å². The monoisotopic (exact) mass is 469 g/mol. The summed E-state index contributed by atoms with van der Waals surface area (Å²) in [5, 5.41) is 0. The molecule has 0 aliphatic carbocycles. The molecule has 4 rings (SSSR count). The molecule has 2 aromatic carbocycles. The van der Waals surface area contributed by atoms with Crippen LogP contribution in [0, 0.1) is 0 Å². The molecular weight excluding hydrogens is 451 g/mol. The van der Waals surface area contributed by atoms with Gasteiger partial charge in [0.2, 0.25) is 0 Å². The van der Waals surface area contributed by atoms with E-state index in [9.17, 15) is 22.8 Å². The van der Waals surface area contributed by atoms with Crippen LogP contribution in [-0.2, 0) is 6.54 Å². The van der Waals surface area contributed by atoms with Crippen LogP contribution in [0.1, 0.15) is 26.5 Å². The van der Waals surface area contributed by atoms with E-state index in [1.165, 1.54) is 46.9 Å². The van der Waals surface area contributed by atoms with Crippen LogP contribution in [-0.4, -0.2) is 44.5 Å². The Bertz CT molecular complexity index is 1370. The number of para-hydroxylation sites is 1. The molecule has 2 aromatic heterocycles. The quantitative estimate of drug-likeness (QED) is 0.464. The minimum Gasteiger partial charge on any atom is -0.405 e. The maximum absolute atomic E-state index is 13.4. The second-order valence-corrected chi connectivity index (χ2v) is 7.36. The van der Waals surface area contributed by atoms with Crippen LogP contribution in [0.3, 0.4) is 0 Å². The molecule has 2 heterocycles. The lowest BCUT2D eigenvalue weighted by molar-refractivity contribution is -0.275. The van der Waals surface area contributed by atoms with Crippen LogP contribution in [0.2, 0.25) is 0 Å². The number of hydrogen-bond donors (Lipinski definition) is 1. The van der Waals surface area contributed by atoms with Crippen molar-refractivity contribution in [2.75, 3.05) is 7.05 Å². The molecule has 11 heteroatoms. The maximum Gasteiger partial charge on any atom is 0.573 e. The second-order valence-electron chi connectivity index (χ2n) is 7.36. The molecule has 34 heavy (non-hydrogen) atoms. The van der Waals surface area contributed by atoms with Gasteiger partial charge in [0.1, 0.15) is 17.8 Å². The van der Waals surface area contributed by atoms with Crippen molar-refractivity contribution in [1.29, 1.82) is 0 Å². The number of rotatable bonds is 6. The number of primary amides is 1. The van der Waals surface area contributed by atoms with Gasteiger partial charge < -0.3 is 15.4 Å². The molecular formula is C23H18F3N5O3. The van der Waals surface area contributed by atoms with Crippen LogP contribution in [0.15, 0.2) is 67.0 Å². The number of fused-ring (bicyclic) bond motifs is 1. The first kappa shape index (κ1) is 22.8. The van der Waals surface area contributed by atoms with Crippen LogP contribution in [0.25, 0.3) is 16.9 Å². The molecule has 2 amide bonds. The van der Waals surface area contributed by atoms with Crippen molar-refractivity contribution in [1.82, 2.24) is 19.3 Å². The highest BCUT2D eigenvalue weighted by molar-refractivity contribution is 5.99. The zero-order valence-electron chi connectivity index (χ0n) is 17.8. The summed E-state index contributed by atoms with van der Waals surface area (Å²) >= 11 is 0. The van der Waals surface area contributed by atoms with Crippen LogP contribution < -0.4 is 10.5 Å². The molecule has 0 aliphatic heterocycles. The molecule has 2 N–H and O–H groups in total. The molecule has 0 unspecified atom stereocenters. The van der Waals surface area contributed by atoms with Gasteiger partial charge in [-0.05, 0) is 12.1 Å². The predicted molar refractivity (Wildman–Crippen MR) is 116 cm³/mol. The molecule has 174 valence electrons. The Labute approximate surface area is 191 Å². The van der Waals surface area contributed by atoms with E-state index in [-0.39, 0.29) is 29.1 Å². The molecule has 0 saturated heterocycles. The first-order valence-electron chi connectivity index (χ1n) is 9.96. The number of nitrogens with zero attached hydrogens (tertiary/aromatic N) is 4. The van der Waals surface area contributed by atoms with E-state index < -0.39 is 23.9 Å². The summed E-state index contributed by atoms with van der Waals surface area (Å²) < 4.78 is 43.7. The first-order chi connectivity index (χ1) is 16.1. The fourth-order valence-corrected chi connectivity index (χ4v) is 3.45. The lowest BCUT2D eigenvalue weighted by Gasteiger charge is -2.20. The van der Waals surface area contributed by atoms with Gasteiger partial charge in [-0.15, -0.1) is 13.2 Å². The van der Waals surface area contributed by atoms with Gasteiger partial charge in [0.05, 0.1) is 5.69 Å². The lowest BCUT2D eigenvalue weighted by atomic mass is 10.1. The fraction of sp³-hybridized carbons (Fsp3) is 0.130. The SMILES string of the molecule is CN(Cc1ccccc1OC(F)(F)F)C(=O)c1cc(-c2ccccc2)nc2c(C(N)=O)ncn12. The number of benzene rings is 2. The van der Waals surface area contributed by atoms with Crippen molar-refractivity contribution in [3.63, 3.8) is 0 Å². The number of carbonyl (C=O) groups excluding carboxylic acids is 2. The topological polar surface area (TPSA) is 103 Å². The minimum absolute atomic E-state index is 0.0893. The molecule has 0 atom stereocenters. The summed E-state index contributed by atoms with van der Waals surface area (Å²) in [5.74, 6) is -1.76. The summed E-state index contributed by atoms with van der Waals surface area (Å²) in [6.45, 7) is -0.174. The number of alkyl halides is 3. The number of imidazole rings is 1. The predicted octanol–water partition coefficient (Wildman–Crippen LogP) is 3.67. The van der Waals surface area contributed by atoms with Gasteiger partial charge in [-0.25, -0.2) is 9.97 Å². The Morgan fingerprint density at radius 1 is 1.09 bits per heavy atom. The molecule has 0 bridgehead atoms. The van der Waals surface area contributed by atoms with E-state index in [0.29, 0.717) is 11.3 Å². The van der Waals surface area contributed by atoms with Crippen LogP contribution in [0.5, 0.6) is 5.75 Å². The van der Waals surface area contributed by atoms with E-state index in [4.69, 9.17) is 5.73 Å². The highest BCUT2D eigenvalue weighted by Crippen LogP contribution is 2.28. The molecule has 0 radical (unpaired) electrons. The Morgan fingerprint density at radius 3 is 2.44 bits per heavy atom. The van der Waals surface area contributed by atoms with E-state index >= 15 is 0 Å². The smallest absolute Gasteiger partial charge is 0.405 e. The van der Waals surface area contributed by atoms with Crippen molar-refractivity contribution in [2.45, 2.75) is 12.9 Å². The Kier molecular flexibility index (Phi) is 5.93. The van der Waals surface area contributed by atoms with Crippen molar-refractivity contribution in [3.8, 4) is 17.0 Å². The Hall–Kier alpha value is -4.41. The average molecular weight is 469 g/mol. The largest absolute Gasteiger partial charge is 0.573 e. The van der Waals surface area contributed by atoms with Gasteiger partial charge in [-0.3, -0.25) is 14.0 Å². The van der Waals surface area contributed by atoms with E-state index in [1.54, 1.807) is 30.3 Å². The average Bonchev–Trinajstić information content (AvgIpc) is 3.23. The maximum atomic E-state index is 13.4. The van der Waals surface area contributed by atoms with Crippen molar-refractivity contribution < 1.29 is 27.5 Å². The number of nitrogens with two attached hydrogens (primary N) is 1. The highest BCUT2D eigenvalue weighted by Gasteiger charge is 2.32. The molecule has 0 spiro atoms. The van der Waals surface area contributed by atoms with Gasteiger partial charge in [-0.2, -0.15) is 0 Å². The van der Waals surface area contributed by atoms with E-state index in [1.807, 2.05) is 6.07 Å². The summed E-state index contributed by atoms with van der Waals surface area (Å²) in [6.07, 6.45) is -3.62. The number of ether oxygens (including phenoxy) is 1. The third kappa shape index (κ3) is 4.68. The lowest BCUT2D eigenvalue weighted by Crippen LogP contribution is -2.29. The zero-order chi connectivity index (χ0) is 24.5. The van der Waals surface area contributed by atoms with E-state index in [0.717, 1.165) is 0 Å². The number of carbonyl (C=O) groups is 2. The van der Waals surface area contributed by atoms with Crippen LogP contribution in [0.4, 0.5) is 13.2 Å². The van der Waals surface area contributed by atoms with Crippen molar-refractivity contribution in [3.05, 3.63) is 83.9 Å². The zero-order valence-corrected chi connectivity index (χ0v) is 17.8. The van der Waals surface area contributed by atoms with Crippen LogP contribution >= 0.6 is 0 Å². The van der Waals surface area contributed by atoms with Crippen molar-refractivity contribution in [2.24, 2.45) is 5.73 Å². The number of aromatic nitrogens is 3. The third-order valence-corrected chi connectivity index (χ3v) is 4.98. The molecule has 0 saturated carbocycles. The molecule has 8 nitrogen and oxygen atoms in total.